The molecule has 0 aliphatic heterocycles. The molecule has 0 rings (SSSR count). The molecule has 0 aromatic rings. The van der Waals surface area contributed by atoms with Crippen LogP contribution in [0.15, 0.2) is 0 Å². The summed E-state index contributed by atoms with van der Waals surface area (Å²) in [6.07, 6.45) is 0.797. The van der Waals surface area contributed by atoms with Gasteiger partial charge in [-0.1, -0.05) is 26.1 Å². The summed E-state index contributed by atoms with van der Waals surface area (Å²) in [4.78, 5) is 0. The van der Waals surface area contributed by atoms with Gasteiger partial charge in [-0.25, -0.2) is 0 Å². The van der Waals surface area contributed by atoms with Crippen LogP contribution in [0.25, 0.3) is 0 Å². The van der Waals surface area contributed by atoms with Crippen LogP contribution in [0, 0.1) is 0 Å². The van der Waals surface area contributed by atoms with Crippen molar-refractivity contribution >= 4 is 28.2 Å². The van der Waals surface area contributed by atoms with Gasteiger partial charge in [0, 0.05) is 15.6 Å². The van der Waals surface area contributed by atoms with Crippen LogP contribution in [0.3, 0.4) is 0 Å². The van der Waals surface area contributed by atoms with Crippen molar-refractivity contribution in [2.45, 2.75) is 31.9 Å². The number of thioether (sulfide) groups is 1. The minimum absolute atomic E-state index is 0.0978. The molecule has 0 aliphatic rings. The van der Waals surface area contributed by atoms with Gasteiger partial charge in [-0.3, -0.25) is 0 Å². The molecule has 0 aliphatic carbocycles. The van der Waals surface area contributed by atoms with Gasteiger partial charge in [-0.2, -0.15) is 0 Å². The SMILES string of the molecule is CC(=S)SC(C)(C)CCO. The van der Waals surface area contributed by atoms with Crippen LogP contribution in [0.2, 0.25) is 0 Å². The molecule has 1 nitrogen and oxygen atoms in total. The first-order chi connectivity index (χ1) is 4.48. The largest absolute Gasteiger partial charge is 0.396 e. The number of hydrogen-bond acceptors (Lipinski definition) is 3. The third kappa shape index (κ3) is 5.21. The van der Waals surface area contributed by atoms with Crippen LogP contribution in [-0.4, -0.2) is 20.7 Å². The van der Waals surface area contributed by atoms with Gasteiger partial charge in [-0.05, 0) is 13.3 Å². The fourth-order valence-corrected chi connectivity index (χ4v) is 2.36. The van der Waals surface area contributed by atoms with Crippen LogP contribution in [0.4, 0.5) is 0 Å². The van der Waals surface area contributed by atoms with Gasteiger partial charge in [0.25, 0.3) is 0 Å². The zero-order valence-electron chi connectivity index (χ0n) is 6.68. The fraction of sp³-hybridized carbons (Fsp3) is 0.857. The molecule has 0 unspecified atom stereocenters. The maximum Gasteiger partial charge on any atom is 0.0452 e. The first kappa shape index (κ1) is 10.4. The molecule has 0 radical (unpaired) electrons. The highest BCUT2D eigenvalue weighted by Crippen LogP contribution is 2.28. The second-order valence-corrected chi connectivity index (χ2v) is 5.62. The molecule has 0 spiro atoms. The molecular weight excluding hydrogens is 164 g/mol. The lowest BCUT2D eigenvalue weighted by atomic mass is 10.1. The van der Waals surface area contributed by atoms with E-state index in [9.17, 15) is 0 Å². The highest BCUT2D eigenvalue weighted by atomic mass is 32.2. The number of rotatable bonds is 3. The minimum atomic E-state index is 0.0978. The third-order valence-corrected chi connectivity index (χ3v) is 2.43. The summed E-state index contributed by atoms with van der Waals surface area (Å²) in [5.41, 5.74) is 0. The van der Waals surface area contributed by atoms with Gasteiger partial charge in [0.15, 0.2) is 0 Å². The Balaban J connectivity index is 3.74. The van der Waals surface area contributed by atoms with Crippen molar-refractivity contribution in [1.29, 1.82) is 0 Å². The van der Waals surface area contributed by atoms with E-state index in [-0.39, 0.29) is 11.4 Å². The Morgan fingerprint density at radius 2 is 2.10 bits per heavy atom. The van der Waals surface area contributed by atoms with Crippen LogP contribution >= 0.6 is 24.0 Å². The molecule has 0 fully saturated rings. The Hall–Kier alpha value is 0.400. The van der Waals surface area contributed by atoms with E-state index in [1.807, 2.05) is 6.92 Å². The van der Waals surface area contributed by atoms with Crippen molar-refractivity contribution < 1.29 is 5.11 Å². The summed E-state index contributed by atoms with van der Waals surface area (Å²) in [7, 11) is 0. The predicted molar refractivity (Wildman–Crippen MR) is 51.6 cm³/mol. The summed E-state index contributed by atoms with van der Waals surface area (Å²) >= 11 is 6.59. The zero-order valence-corrected chi connectivity index (χ0v) is 8.31. The molecule has 0 aromatic heterocycles. The normalized spacial score (nSPS) is 11.6. The van der Waals surface area contributed by atoms with Gasteiger partial charge in [0.05, 0.1) is 0 Å². The molecule has 0 saturated heterocycles. The van der Waals surface area contributed by atoms with Gasteiger partial charge in [-0.15, -0.1) is 11.8 Å². The first-order valence-electron chi connectivity index (χ1n) is 3.28. The van der Waals surface area contributed by atoms with Crippen LogP contribution < -0.4 is 0 Å². The van der Waals surface area contributed by atoms with E-state index in [0.29, 0.717) is 0 Å². The molecule has 0 amide bonds. The first-order valence-corrected chi connectivity index (χ1v) is 4.51. The number of aliphatic hydroxyl groups excluding tert-OH is 1. The van der Waals surface area contributed by atoms with Gasteiger partial charge < -0.3 is 5.11 Å². The number of hydrogen-bond donors (Lipinski definition) is 1. The van der Waals surface area contributed by atoms with E-state index in [0.717, 1.165) is 10.6 Å². The Bertz CT molecular complexity index is 121. The van der Waals surface area contributed by atoms with E-state index >= 15 is 0 Å². The third-order valence-electron chi connectivity index (χ3n) is 1.13. The number of thiocarbonyl (C=S) groups is 1. The molecule has 1 N–H and O–H groups in total. The Labute approximate surface area is 72.2 Å². The average Bonchev–Trinajstić information content (AvgIpc) is 1.59. The molecule has 3 heteroatoms. The lowest BCUT2D eigenvalue weighted by molar-refractivity contribution is 0.275. The molecule has 0 atom stereocenters. The molecule has 0 saturated carbocycles. The highest BCUT2D eigenvalue weighted by Gasteiger charge is 2.17. The van der Waals surface area contributed by atoms with Crippen LogP contribution in [0.5, 0.6) is 0 Å². The Kier molecular flexibility index (Phi) is 4.49. The second-order valence-electron chi connectivity index (χ2n) is 2.83. The molecule has 0 bridgehead atoms. The minimum Gasteiger partial charge on any atom is -0.396 e. The number of aliphatic hydroxyl groups is 1. The zero-order chi connectivity index (χ0) is 8.20. The summed E-state index contributed by atoms with van der Waals surface area (Å²) in [6.45, 7) is 6.33. The van der Waals surface area contributed by atoms with E-state index < -0.39 is 0 Å². The van der Waals surface area contributed by atoms with Gasteiger partial charge in [0.2, 0.25) is 0 Å². The predicted octanol–water partition coefficient (Wildman–Crippen LogP) is 2.23. The highest BCUT2D eigenvalue weighted by molar-refractivity contribution is 8.23. The monoisotopic (exact) mass is 178 g/mol. The summed E-state index contributed by atoms with van der Waals surface area (Å²) < 4.78 is 1.04. The maximum absolute atomic E-state index is 8.66. The Morgan fingerprint density at radius 1 is 1.60 bits per heavy atom. The van der Waals surface area contributed by atoms with Crippen LogP contribution in [-0.2, 0) is 0 Å². The van der Waals surface area contributed by atoms with Crippen molar-refractivity contribution in [3.63, 3.8) is 0 Å². The van der Waals surface area contributed by atoms with Crippen LogP contribution in [0.1, 0.15) is 27.2 Å². The van der Waals surface area contributed by atoms with E-state index in [2.05, 4.69) is 13.8 Å². The lowest BCUT2D eigenvalue weighted by Crippen LogP contribution is -2.17. The van der Waals surface area contributed by atoms with Crippen molar-refractivity contribution in [3.8, 4) is 0 Å². The lowest BCUT2D eigenvalue weighted by Gasteiger charge is -2.21. The molecular formula is C7H14OS2. The van der Waals surface area contributed by atoms with E-state index in [4.69, 9.17) is 17.3 Å². The molecule has 0 heterocycles. The quantitative estimate of drug-likeness (QED) is 0.669. The van der Waals surface area contributed by atoms with E-state index in [1.54, 1.807) is 11.8 Å². The molecule has 60 valence electrons. The summed E-state index contributed by atoms with van der Waals surface area (Å²) in [6, 6.07) is 0. The molecule has 0 aromatic carbocycles. The molecule has 10 heavy (non-hydrogen) atoms. The topological polar surface area (TPSA) is 20.2 Å². The fourth-order valence-electron chi connectivity index (χ4n) is 0.709. The van der Waals surface area contributed by atoms with E-state index in [1.165, 1.54) is 0 Å². The van der Waals surface area contributed by atoms with Crippen molar-refractivity contribution in [1.82, 2.24) is 0 Å². The Morgan fingerprint density at radius 3 is 2.40 bits per heavy atom. The van der Waals surface area contributed by atoms with Crippen molar-refractivity contribution in [2.24, 2.45) is 0 Å². The summed E-state index contributed by atoms with van der Waals surface area (Å²) in [5.74, 6) is 0. The average molecular weight is 178 g/mol. The van der Waals surface area contributed by atoms with Gasteiger partial charge >= 0.3 is 0 Å². The maximum atomic E-state index is 8.66. The smallest absolute Gasteiger partial charge is 0.0452 e. The second kappa shape index (κ2) is 4.31. The van der Waals surface area contributed by atoms with Gasteiger partial charge in [0.1, 0.15) is 0 Å². The summed E-state index contributed by atoms with van der Waals surface area (Å²) in [5, 5.41) is 8.66. The standard InChI is InChI=1S/C7H14OS2/c1-6(9)10-7(2,3)4-5-8/h8H,4-5H2,1-3H3. The van der Waals surface area contributed by atoms with Crippen molar-refractivity contribution in [3.05, 3.63) is 0 Å². The van der Waals surface area contributed by atoms with Crippen molar-refractivity contribution in [2.75, 3.05) is 6.61 Å².